The minimum absolute atomic E-state index is 0.390. The molecule has 0 atom stereocenters. The van der Waals surface area contributed by atoms with E-state index in [0.29, 0.717) is 17.9 Å². The summed E-state index contributed by atoms with van der Waals surface area (Å²) in [5, 5.41) is 1.09. The van der Waals surface area contributed by atoms with Crippen LogP contribution in [0, 0.1) is 20.8 Å². The molecule has 25 heavy (non-hydrogen) atoms. The Hall–Kier alpha value is -2.18. The minimum atomic E-state index is -3.50. The van der Waals surface area contributed by atoms with Crippen molar-refractivity contribution < 1.29 is 8.42 Å². The van der Waals surface area contributed by atoms with E-state index in [-0.39, 0.29) is 0 Å². The molecule has 0 spiro atoms. The number of rotatable bonds is 6. The molecule has 1 aromatic carbocycles. The van der Waals surface area contributed by atoms with Gasteiger partial charge in [-0.15, -0.1) is 0 Å². The highest BCUT2D eigenvalue weighted by Gasteiger charge is 2.19. The summed E-state index contributed by atoms with van der Waals surface area (Å²) in [6, 6.07) is 9.75. The zero-order valence-corrected chi connectivity index (χ0v) is 15.6. The van der Waals surface area contributed by atoms with Gasteiger partial charge in [-0.1, -0.05) is 17.7 Å². The number of pyridine rings is 1. The summed E-state index contributed by atoms with van der Waals surface area (Å²) in [4.78, 5) is 4.77. The fraction of sp³-hybridized carbons (Fsp3) is 0.316. The molecule has 0 fully saturated rings. The molecular formula is C19H23N3O2S. The van der Waals surface area contributed by atoms with Crippen molar-refractivity contribution in [1.82, 2.24) is 14.3 Å². The summed E-state index contributed by atoms with van der Waals surface area (Å²) in [5.41, 5.74) is 3.56. The quantitative estimate of drug-likeness (QED) is 0.688. The smallest absolute Gasteiger partial charge is 0.241 e. The Morgan fingerprint density at radius 1 is 1.12 bits per heavy atom. The lowest BCUT2D eigenvalue weighted by Gasteiger charge is -2.13. The number of benzene rings is 1. The van der Waals surface area contributed by atoms with Gasteiger partial charge in [0, 0.05) is 30.9 Å². The zero-order valence-electron chi connectivity index (χ0n) is 14.8. The number of aromatic nitrogens is 2. The van der Waals surface area contributed by atoms with Gasteiger partial charge in [0.25, 0.3) is 0 Å². The van der Waals surface area contributed by atoms with Crippen LogP contribution in [0.3, 0.4) is 0 Å². The van der Waals surface area contributed by atoms with E-state index in [4.69, 9.17) is 0 Å². The average molecular weight is 357 g/mol. The summed E-state index contributed by atoms with van der Waals surface area (Å²) in [5.74, 6) is 0. The predicted octanol–water partition coefficient (Wildman–Crippen LogP) is 3.33. The number of hydrogen-bond donors (Lipinski definition) is 1. The van der Waals surface area contributed by atoms with Gasteiger partial charge in [-0.25, -0.2) is 18.1 Å². The molecular weight excluding hydrogens is 334 g/mol. The van der Waals surface area contributed by atoms with E-state index in [1.807, 2.05) is 61.9 Å². The van der Waals surface area contributed by atoms with Crippen LogP contribution in [0.5, 0.6) is 0 Å². The second kappa shape index (κ2) is 6.98. The molecule has 0 radical (unpaired) electrons. The Morgan fingerprint density at radius 2 is 1.84 bits per heavy atom. The van der Waals surface area contributed by atoms with E-state index in [9.17, 15) is 8.42 Å². The van der Waals surface area contributed by atoms with Crippen LogP contribution < -0.4 is 4.72 Å². The molecule has 2 aromatic heterocycles. The van der Waals surface area contributed by atoms with Crippen molar-refractivity contribution in [2.24, 2.45) is 0 Å². The van der Waals surface area contributed by atoms with Crippen molar-refractivity contribution in [3.8, 4) is 0 Å². The first-order valence-corrected chi connectivity index (χ1v) is 9.84. The third-order valence-electron chi connectivity index (χ3n) is 4.26. The molecule has 0 amide bonds. The number of nitrogens with zero attached hydrogens (tertiary/aromatic N) is 2. The lowest BCUT2D eigenvalue weighted by molar-refractivity contribution is 0.570. The molecule has 0 saturated carbocycles. The van der Waals surface area contributed by atoms with E-state index < -0.39 is 10.0 Å². The van der Waals surface area contributed by atoms with Crippen molar-refractivity contribution in [3.05, 3.63) is 59.4 Å². The van der Waals surface area contributed by atoms with Crippen molar-refractivity contribution in [2.75, 3.05) is 6.54 Å². The highest BCUT2D eigenvalue weighted by molar-refractivity contribution is 7.89. The first-order valence-electron chi connectivity index (χ1n) is 8.36. The number of aryl methyl sites for hydroxylation is 4. The van der Waals surface area contributed by atoms with Crippen LogP contribution in [0.25, 0.3) is 11.0 Å². The number of nitrogens with one attached hydrogen (secondary N) is 1. The molecule has 2 heterocycles. The summed E-state index contributed by atoms with van der Waals surface area (Å²) in [6.45, 7) is 6.76. The van der Waals surface area contributed by atoms with Gasteiger partial charge in [-0.3, -0.25) is 0 Å². The second-order valence-corrected chi connectivity index (χ2v) is 8.11. The van der Waals surface area contributed by atoms with Crippen LogP contribution in [0.4, 0.5) is 0 Å². The Labute approximate surface area is 148 Å². The van der Waals surface area contributed by atoms with Gasteiger partial charge in [0.15, 0.2) is 0 Å². The van der Waals surface area contributed by atoms with E-state index in [0.717, 1.165) is 34.3 Å². The average Bonchev–Trinajstić information content (AvgIpc) is 2.93. The molecule has 1 N–H and O–H groups in total. The third kappa shape index (κ3) is 3.75. The Balaban J connectivity index is 1.65. The minimum Gasteiger partial charge on any atom is -0.332 e. The van der Waals surface area contributed by atoms with Gasteiger partial charge in [-0.05, 0) is 56.5 Å². The Bertz CT molecular complexity index is 983. The van der Waals surface area contributed by atoms with E-state index in [1.165, 1.54) is 0 Å². The first-order chi connectivity index (χ1) is 11.9. The molecule has 0 saturated heterocycles. The lowest BCUT2D eigenvalue weighted by atomic mass is 10.1. The molecule has 5 nitrogen and oxygen atoms in total. The first kappa shape index (κ1) is 17.6. The highest BCUT2D eigenvalue weighted by atomic mass is 32.2. The van der Waals surface area contributed by atoms with Crippen molar-refractivity contribution in [3.63, 3.8) is 0 Å². The van der Waals surface area contributed by atoms with Crippen molar-refractivity contribution in [1.29, 1.82) is 0 Å². The van der Waals surface area contributed by atoms with Crippen LogP contribution >= 0.6 is 0 Å². The van der Waals surface area contributed by atoms with Crippen LogP contribution in [-0.2, 0) is 16.6 Å². The molecule has 0 aliphatic heterocycles. The fourth-order valence-corrected chi connectivity index (χ4v) is 4.84. The lowest BCUT2D eigenvalue weighted by Crippen LogP contribution is -2.27. The topological polar surface area (TPSA) is 64.0 Å². The molecule has 6 heteroatoms. The maximum Gasteiger partial charge on any atom is 0.241 e. The third-order valence-corrected chi connectivity index (χ3v) is 6.03. The largest absolute Gasteiger partial charge is 0.332 e. The van der Waals surface area contributed by atoms with Gasteiger partial charge < -0.3 is 4.57 Å². The van der Waals surface area contributed by atoms with Gasteiger partial charge in [0.1, 0.15) is 5.65 Å². The molecule has 3 rings (SSSR count). The number of fused-ring (bicyclic) bond motifs is 1. The maximum absolute atomic E-state index is 12.6. The SMILES string of the molecule is Cc1cc(C)c(S(=O)(=O)NCCCn2ccc3cccnc32)c(C)c1. The monoisotopic (exact) mass is 357 g/mol. The Kier molecular flexibility index (Phi) is 4.92. The second-order valence-electron chi connectivity index (χ2n) is 6.40. The van der Waals surface area contributed by atoms with Crippen molar-refractivity contribution in [2.45, 2.75) is 38.6 Å². The summed E-state index contributed by atoms with van der Waals surface area (Å²) in [7, 11) is -3.50. The Morgan fingerprint density at radius 3 is 2.56 bits per heavy atom. The van der Waals surface area contributed by atoms with Gasteiger partial charge in [0.05, 0.1) is 4.90 Å². The normalized spacial score (nSPS) is 12.0. The van der Waals surface area contributed by atoms with Crippen LogP contribution in [0.2, 0.25) is 0 Å². The summed E-state index contributed by atoms with van der Waals surface area (Å²) >= 11 is 0. The van der Waals surface area contributed by atoms with E-state index >= 15 is 0 Å². The maximum atomic E-state index is 12.6. The zero-order chi connectivity index (χ0) is 18.0. The molecule has 3 aromatic rings. The molecule has 0 unspecified atom stereocenters. The fourth-order valence-electron chi connectivity index (χ4n) is 3.32. The highest BCUT2D eigenvalue weighted by Crippen LogP contribution is 2.21. The molecule has 0 aliphatic rings. The number of sulfonamides is 1. The summed E-state index contributed by atoms with van der Waals surface area (Å²) in [6.07, 6.45) is 4.45. The van der Waals surface area contributed by atoms with Gasteiger partial charge in [0.2, 0.25) is 10.0 Å². The molecule has 0 bridgehead atoms. The molecule has 132 valence electrons. The van der Waals surface area contributed by atoms with E-state index in [2.05, 4.69) is 9.71 Å². The standard InChI is InChI=1S/C19H23N3O2S/c1-14-12-15(2)18(16(3)13-14)25(23,24)21-9-5-10-22-11-7-17-6-4-8-20-19(17)22/h4,6-8,11-13,21H,5,9-10H2,1-3H3. The van der Waals surface area contributed by atoms with Crippen LogP contribution in [-0.4, -0.2) is 24.5 Å². The van der Waals surface area contributed by atoms with Gasteiger partial charge in [-0.2, -0.15) is 0 Å². The molecule has 0 aliphatic carbocycles. The predicted molar refractivity (Wildman–Crippen MR) is 100 cm³/mol. The number of hydrogen-bond acceptors (Lipinski definition) is 3. The van der Waals surface area contributed by atoms with Crippen molar-refractivity contribution >= 4 is 21.1 Å². The van der Waals surface area contributed by atoms with E-state index in [1.54, 1.807) is 6.20 Å². The summed E-state index contributed by atoms with van der Waals surface area (Å²) < 4.78 is 30.0. The van der Waals surface area contributed by atoms with Gasteiger partial charge >= 0.3 is 0 Å². The van der Waals surface area contributed by atoms with Crippen LogP contribution in [0.1, 0.15) is 23.1 Å². The van der Waals surface area contributed by atoms with Crippen LogP contribution in [0.15, 0.2) is 47.6 Å².